The molecule has 4 rings (SSSR count). The zero-order valence-electron chi connectivity index (χ0n) is 16.7. The number of ether oxygens (including phenoxy) is 1. The summed E-state index contributed by atoms with van der Waals surface area (Å²) < 4.78 is 11.1. The number of nitrogens with zero attached hydrogens (tertiary/aromatic N) is 2. The number of carbonyl (C=O) groups excluding carboxylic acids is 1. The van der Waals surface area contributed by atoms with Crippen molar-refractivity contribution in [1.82, 2.24) is 15.2 Å². The van der Waals surface area contributed by atoms with E-state index in [0.29, 0.717) is 16.5 Å². The molecule has 29 heavy (non-hydrogen) atoms. The number of benzene rings is 1. The minimum atomic E-state index is -0.172. The van der Waals surface area contributed by atoms with E-state index in [1.165, 1.54) is 16.9 Å². The van der Waals surface area contributed by atoms with Crippen LogP contribution in [0.3, 0.4) is 0 Å². The van der Waals surface area contributed by atoms with E-state index in [-0.39, 0.29) is 11.9 Å². The maximum atomic E-state index is 12.9. The first-order chi connectivity index (χ1) is 14.1. The van der Waals surface area contributed by atoms with E-state index in [1.54, 1.807) is 5.38 Å². The molecule has 1 aromatic carbocycles. The molecule has 3 heterocycles. The van der Waals surface area contributed by atoms with Gasteiger partial charge in [0, 0.05) is 25.0 Å². The van der Waals surface area contributed by atoms with Crippen molar-refractivity contribution >= 4 is 17.2 Å². The molecule has 0 saturated carbocycles. The van der Waals surface area contributed by atoms with E-state index in [0.717, 1.165) is 44.2 Å². The molecular weight excluding hydrogens is 386 g/mol. The molecule has 6 nitrogen and oxygen atoms in total. The Morgan fingerprint density at radius 1 is 1.17 bits per heavy atom. The summed E-state index contributed by atoms with van der Waals surface area (Å²) in [5.41, 5.74) is 2.70. The minimum absolute atomic E-state index is 0.114. The highest BCUT2D eigenvalue weighted by Crippen LogP contribution is 2.26. The van der Waals surface area contributed by atoms with E-state index in [2.05, 4.69) is 46.4 Å². The lowest BCUT2D eigenvalue weighted by Gasteiger charge is -2.31. The number of aryl methyl sites for hydroxylation is 2. The molecule has 152 valence electrons. The van der Waals surface area contributed by atoms with Gasteiger partial charge in [0.25, 0.3) is 5.91 Å². The molecule has 0 bridgehead atoms. The van der Waals surface area contributed by atoms with Crippen LogP contribution in [0.25, 0.3) is 10.8 Å². The monoisotopic (exact) mass is 411 g/mol. The average Bonchev–Trinajstić information content (AvgIpc) is 3.38. The first kappa shape index (κ1) is 19.8. The van der Waals surface area contributed by atoms with Crippen molar-refractivity contribution in [3.63, 3.8) is 0 Å². The van der Waals surface area contributed by atoms with Crippen LogP contribution in [0.1, 0.15) is 33.4 Å². The number of rotatable bonds is 6. The Morgan fingerprint density at radius 3 is 2.62 bits per heavy atom. The molecule has 1 N–H and O–H groups in total. The highest BCUT2D eigenvalue weighted by Gasteiger charge is 2.22. The Balaban J connectivity index is 1.50. The Morgan fingerprint density at radius 2 is 1.93 bits per heavy atom. The standard InChI is InChI=1S/C22H25N3O3S/c1-15-3-6-17(7-4-15)18(13-25-9-11-27-12-10-25)23-21(26)19-14-29-22(24-19)20-8-5-16(2)28-20/h3-8,14,18H,9-13H2,1-2H3,(H,23,26). The summed E-state index contributed by atoms with van der Waals surface area (Å²) in [6.07, 6.45) is 0. The number of thiazole rings is 1. The van der Waals surface area contributed by atoms with E-state index in [1.807, 2.05) is 19.1 Å². The molecule has 0 aliphatic carbocycles. The van der Waals surface area contributed by atoms with Gasteiger partial charge in [-0.3, -0.25) is 9.69 Å². The molecule has 7 heteroatoms. The molecule has 1 amide bonds. The summed E-state index contributed by atoms with van der Waals surface area (Å²) >= 11 is 1.41. The molecular formula is C22H25N3O3S. The van der Waals surface area contributed by atoms with Crippen LogP contribution < -0.4 is 5.32 Å². The van der Waals surface area contributed by atoms with Crippen LogP contribution in [-0.4, -0.2) is 48.6 Å². The molecule has 1 atom stereocenters. The molecule has 1 unspecified atom stereocenters. The van der Waals surface area contributed by atoms with Crippen LogP contribution in [0.15, 0.2) is 46.2 Å². The number of morpholine rings is 1. The zero-order chi connectivity index (χ0) is 20.2. The highest BCUT2D eigenvalue weighted by atomic mass is 32.1. The number of hydrogen-bond acceptors (Lipinski definition) is 6. The molecule has 0 radical (unpaired) electrons. The van der Waals surface area contributed by atoms with Gasteiger partial charge in [-0.05, 0) is 31.5 Å². The van der Waals surface area contributed by atoms with E-state index in [9.17, 15) is 4.79 Å². The van der Waals surface area contributed by atoms with Gasteiger partial charge in [-0.2, -0.15) is 0 Å². The Labute approximate surface area is 174 Å². The maximum absolute atomic E-state index is 12.9. The van der Waals surface area contributed by atoms with Gasteiger partial charge in [0.2, 0.25) is 0 Å². The smallest absolute Gasteiger partial charge is 0.271 e. The second kappa shape index (κ2) is 8.90. The highest BCUT2D eigenvalue weighted by molar-refractivity contribution is 7.13. The fraction of sp³-hybridized carbons (Fsp3) is 0.364. The van der Waals surface area contributed by atoms with Gasteiger partial charge in [0.05, 0.1) is 19.3 Å². The van der Waals surface area contributed by atoms with Crippen molar-refractivity contribution in [2.75, 3.05) is 32.8 Å². The third-order valence-corrected chi connectivity index (χ3v) is 5.87. The van der Waals surface area contributed by atoms with E-state index >= 15 is 0 Å². The summed E-state index contributed by atoms with van der Waals surface area (Å²) in [5.74, 6) is 1.34. The number of furan rings is 1. The van der Waals surface area contributed by atoms with Gasteiger partial charge in [-0.15, -0.1) is 11.3 Å². The summed E-state index contributed by atoms with van der Waals surface area (Å²) in [7, 11) is 0. The lowest BCUT2D eigenvalue weighted by Crippen LogP contribution is -2.43. The Hall–Kier alpha value is -2.48. The largest absolute Gasteiger partial charge is 0.459 e. The van der Waals surface area contributed by atoms with Crippen molar-refractivity contribution in [1.29, 1.82) is 0 Å². The lowest BCUT2D eigenvalue weighted by molar-refractivity contribution is 0.0332. The van der Waals surface area contributed by atoms with Crippen molar-refractivity contribution in [3.05, 3.63) is 64.4 Å². The molecule has 1 aliphatic rings. The second-order valence-corrected chi connectivity index (χ2v) is 8.16. The Bertz CT molecular complexity index is 958. The Kier molecular flexibility index (Phi) is 6.08. The number of hydrogen-bond donors (Lipinski definition) is 1. The number of carbonyl (C=O) groups is 1. The predicted octanol–water partition coefficient (Wildman–Crippen LogP) is 3.82. The maximum Gasteiger partial charge on any atom is 0.271 e. The third-order valence-electron chi connectivity index (χ3n) is 5.02. The van der Waals surface area contributed by atoms with Gasteiger partial charge < -0.3 is 14.5 Å². The predicted molar refractivity (Wildman–Crippen MR) is 113 cm³/mol. The van der Waals surface area contributed by atoms with Crippen LogP contribution in [0.4, 0.5) is 0 Å². The summed E-state index contributed by atoms with van der Waals surface area (Å²) in [6.45, 7) is 7.90. The zero-order valence-corrected chi connectivity index (χ0v) is 17.5. The van der Waals surface area contributed by atoms with Crippen LogP contribution in [0, 0.1) is 13.8 Å². The lowest BCUT2D eigenvalue weighted by atomic mass is 10.0. The fourth-order valence-corrected chi connectivity index (χ4v) is 4.11. The molecule has 1 saturated heterocycles. The van der Waals surface area contributed by atoms with E-state index < -0.39 is 0 Å². The molecule has 2 aromatic heterocycles. The molecule has 3 aromatic rings. The molecule has 1 aliphatic heterocycles. The first-order valence-electron chi connectivity index (χ1n) is 9.78. The SMILES string of the molecule is Cc1ccc(C(CN2CCOCC2)NC(=O)c2csc(-c3ccc(C)o3)n2)cc1. The number of aromatic nitrogens is 1. The van der Waals surface area contributed by atoms with Crippen molar-refractivity contribution in [2.45, 2.75) is 19.9 Å². The number of nitrogens with one attached hydrogen (secondary N) is 1. The molecule has 1 fully saturated rings. The van der Waals surface area contributed by atoms with Crippen LogP contribution in [-0.2, 0) is 4.74 Å². The summed E-state index contributed by atoms with van der Waals surface area (Å²) in [6, 6.07) is 12.0. The first-order valence-corrected chi connectivity index (χ1v) is 10.7. The number of amides is 1. The second-order valence-electron chi connectivity index (χ2n) is 7.30. The third kappa shape index (κ3) is 4.93. The van der Waals surface area contributed by atoms with Crippen LogP contribution in [0.5, 0.6) is 0 Å². The van der Waals surface area contributed by atoms with Crippen molar-refractivity contribution < 1.29 is 13.9 Å². The van der Waals surface area contributed by atoms with Crippen LogP contribution >= 0.6 is 11.3 Å². The normalized spacial score (nSPS) is 15.9. The van der Waals surface area contributed by atoms with Gasteiger partial charge in [-0.1, -0.05) is 29.8 Å². The van der Waals surface area contributed by atoms with Gasteiger partial charge in [0.15, 0.2) is 10.8 Å². The quantitative estimate of drug-likeness (QED) is 0.668. The van der Waals surface area contributed by atoms with Crippen LogP contribution in [0.2, 0.25) is 0 Å². The summed E-state index contributed by atoms with van der Waals surface area (Å²) in [4.78, 5) is 19.8. The van der Waals surface area contributed by atoms with Crippen molar-refractivity contribution in [3.8, 4) is 10.8 Å². The minimum Gasteiger partial charge on any atom is -0.459 e. The van der Waals surface area contributed by atoms with Gasteiger partial charge in [-0.25, -0.2) is 4.98 Å². The fourth-order valence-electron chi connectivity index (χ4n) is 3.35. The summed E-state index contributed by atoms with van der Waals surface area (Å²) in [5, 5.41) is 5.67. The van der Waals surface area contributed by atoms with Gasteiger partial charge in [0.1, 0.15) is 11.5 Å². The molecule has 0 spiro atoms. The van der Waals surface area contributed by atoms with Gasteiger partial charge >= 0.3 is 0 Å². The topological polar surface area (TPSA) is 67.6 Å². The van der Waals surface area contributed by atoms with Crippen molar-refractivity contribution in [2.24, 2.45) is 0 Å². The van der Waals surface area contributed by atoms with E-state index in [4.69, 9.17) is 9.15 Å². The average molecular weight is 412 g/mol.